The molecule has 1 N–H and O–H groups in total. The summed E-state index contributed by atoms with van der Waals surface area (Å²) < 4.78 is 5.55. The molecule has 1 aromatic carbocycles. The molecule has 1 aromatic rings. The molecule has 0 radical (unpaired) electrons. The molecule has 22 heavy (non-hydrogen) atoms. The lowest BCUT2D eigenvalue weighted by Crippen LogP contribution is -2.48. The molecule has 0 aromatic heterocycles. The summed E-state index contributed by atoms with van der Waals surface area (Å²) >= 11 is 0. The van der Waals surface area contributed by atoms with Gasteiger partial charge in [0.2, 0.25) is 5.91 Å². The molecule has 1 aliphatic rings. The first kappa shape index (κ1) is 16.0. The molecule has 0 spiro atoms. The second kappa shape index (κ2) is 6.60. The van der Waals surface area contributed by atoms with Crippen molar-refractivity contribution in [1.29, 1.82) is 0 Å². The van der Waals surface area contributed by atoms with Crippen molar-refractivity contribution in [2.45, 2.75) is 32.8 Å². The van der Waals surface area contributed by atoms with Crippen LogP contribution in [0.25, 0.3) is 0 Å². The standard InChI is InChI=1S/C16H20N2O4/c1-4-5-13(19)11-6-7-14-12(8-11)18(9-15(20)17-3)16(21)10(2)22-14/h6-8,10H,4-5,9H2,1-3H3,(H,17,20). The van der Waals surface area contributed by atoms with Crippen LogP contribution in [-0.2, 0) is 9.59 Å². The number of ether oxygens (including phenoxy) is 1. The van der Waals surface area contributed by atoms with E-state index in [1.54, 1.807) is 25.1 Å². The smallest absolute Gasteiger partial charge is 0.268 e. The fourth-order valence-electron chi connectivity index (χ4n) is 2.34. The minimum atomic E-state index is -0.658. The van der Waals surface area contributed by atoms with Crippen LogP contribution in [0.1, 0.15) is 37.0 Å². The van der Waals surface area contributed by atoms with E-state index in [0.717, 1.165) is 6.42 Å². The molecule has 0 fully saturated rings. The molecule has 0 saturated carbocycles. The fourth-order valence-corrected chi connectivity index (χ4v) is 2.34. The number of nitrogens with zero attached hydrogens (tertiary/aromatic N) is 1. The number of amides is 2. The fraction of sp³-hybridized carbons (Fsp3) is 0.438. The average molecular weight is 304 g/mol. The van der Waals surface area contributed by atoms with Crippen molar-refractivity contribution >= 4 is 23.3 Å². The van der Waals surface area contributed by atoms with E-state index in [9.17, 15) is 14.4 Å². The normalized spacial score (nSPS) is 16.8. The number of hydrogen-bond donors (Lipinski definition) is 1. The lowest BCUT2D eigenvalue weighted by molar-refractivity contribution is -0.128. The Morgan fingerprint density at radius 3 is 2.73 bits per heavy atom. The van der Waals surface area contributed by atoms with Crippen molar-refractivity contribution in [1.82, 2.24) is 5.32 Å². The van der Waals surface area contributed by atoms with E-state index in [2.05, 4.69) is 5.32 Å². The maximum Gasteiger partial charge on any atom is 0.268 e. The highest BCUT2D eigenvalue weighted by molar-refractivity contribution is 6.05. The number of fused-ring (bicyclic) bond motifs is 1. The molecule has 1 unspecified atom stereocenters. The van der Waals surface area contributed by atoms with Gasteiger partial charge in [0.25, 0.3) is 5.91 Å². The second-order valence-electron chi connectivity index (χ2n) is 5.21. The molecule has 0 bridgehead atoms. The highest BCUT2D eigenvalue weighted by Crippen LogP contribution is 2.35. The first-order valence-electron chi connectivity index (χ1n) is 7.33. The lowest BCUT2D eigenvalue weighted by Gasteiger charge is -2.32. The molecule has 6 nitrogen and oxygen atoms in total. The molecule has 118 valence electrons. The number of ketones is 1. The van der Waals surface area contributed by atoms with E-state index in [1.165, 1.54) is 11.9 Å². The zero-order chi connectivity index (χ0) is 16.3. The number of Topliss-reactive ketones (excluding diaryl/α,β-unsaturated/α-hetero) is 1. The number of hydrogen-bond acceptors (Lipinski definition) is 4. The van der Waals surface area contributed by atoms with Gasteiger partial charge in [0.05, 0.1) is 5.69 Å². The third kappa shape index (κ3) is 3.10. The zero-order valence-corrected chi connectivity index (χ0v) is 13.0. The number of nitrogens with one attached hydrogen (secondary N) is 1. The Morgan fingerprint density at radius 2 is 2.09 bits per heavy atom. The number of anilines is 1. The van der Waals surface area contributed by atoms with Gasteiger partial charge in [-0.15, -0.1) is 0 Å². The Labute approximate surface area is 129 Å². The number of carbonyl (C=O) groups excluding carboxylic acids is 3. The minimum Gasteiger partial charge on any atom is -0.479 e. The van der Waals surface area contributed by atoms with Crippen molar-refractivity contribution in [3.8, 4) is 5.75 Å². The SMILES string of the molecule is CCCC(=O)c1ccc2c(c1)N(CC(=O)NC)C(=O)C(C)O2. The van der Waals surface area contributed by atoms with Gasteiger partial charge in [0.15, 0.2) is 11.9 Å². The number of rotatable bonds is 5. The molecule has 2 amide bonds. The van der Waals surface area contributed by atoms with Crippen molar-refractivity contribution in [3.63, 3.8) is 0 Å². The number of carbonyl (C=O) groups is 3. The van der Waals surface area contributed by atoms with Crippen LogP contribution >= 0.6 is 0 Å². The molecular weight excluding hydrogens is 284 g/mol. The van der Waals surface area contributed by atoms with Gasteiger partial charge in [-0.25, -0.2) is 0 Å². The monoisotopic (exact) mass is 304 g/mol. The van der Waals surface area contributed by atoms with Crippen LogP contribution in [0.4, 0.5) is 5.69 Å². The van der Waals surface area contributed by atoms with Crippen LogP contribution in [-0.4, -0.2) is 37.3 Å². The molecule has 2 rings (SSSR count). The predicted molar refractivity (Wildman–Crippen MR) is 82.2 cm³/mol. The Morgan fingerprint density at radius 1 is 1.36 bits per heavy atom. The largest absolute Gasteiger partial charge is 0.479 e. The van der Waals surface area contributed by atoms with Crippen molar-refractivity contribution in [2.75, 3.05) is 18.5 Å². The summed E-state index contributed by atoms with van der Waals surface area (Å²) in [6.07, 6.45) is 0.540. The molecular formula is C16H20N2O4. The third-order valence-corrected chi connectivity index (χ3v) is 3.55. The van der Waals surface area contributed by atoms with E-state index in [-0.39, 0.29) is 24.1 Å². The van der Waals surface area contributed by atoms with Crippen molar-refractivity contribution in [3.05, 3.63) is 23.8 Å². The van der Waals surface area contributed by atoms with Gasteiger partial charge in [0, 0.05) is 19.0 Å². The molecule has 6 heteroatoms. The summed E-state index contributed by atoms with van der Waals surface area (Å²) in [5.74, 6) is -0.0600. The Balaban J connectivity index is 2.40. The quantitative estimate of drug-likeness (QED) is 0.837. The summed E-state index contributed by atoms with van der Waals surface area (Å²) in [7, 11) is 1.51. The highest BCUT2D eigenvalue weighted by Gasteiger charge is 2.33. The number of benzene rings is 1. The van der Waals surface area contributed by atoms with Gasteiger partial charge < -0.3 is 10.1 Å². The first-order chi connectivity index (χ1) is 10.5. The minimum absolute atomic E-state index is 0.0104. The molecule has 0 saturated heterocycles. The van der Waals surface area contributed by atoms with Crippen molar-refractivity contribution in [2.24, 2.45) is 0 Å². The topological polar surface area (TPSA) is 75.7 Å². The Kier molecular flexibility index (Phi) is 4.80. The van der Waals surface area contributed by atoms with Crippen LogP contribution in [0.15, 0.2) is 18.2 Å². The van der Waals surface area contributed by atoms with E-state index in [1.807, 2.05) is 6.92 Å². The molecule has 1 atom stereocenters. The van der Waals surface area contributed by atoms with Crippen LogP contribution in [0.3, 0.4) is 0 Å². The summed E-state index contributed by atoms with van der Waals surface area (Å²) in [6.45, 7) is 3.47. The summed E-state index contributed by atoms with van der Waals surface area (Å²) in [4.78, 5) is 37.3. The van der Waals surface area contributed by atoms with E-state index in [4.69, 9.17) is 4.74 Å². The van der Waals surface area contributed by atoms with Gasteiger partial charge in [-0.3, -0.25) is 19.3 Å². The van der Waals surface area contributed by atoms with E-state index in [0.29, 0.717) is 23.4 Å². The first-order valence-corrected chi connectivity index (χ1v) is 7.33. The number of likely N-dealkylation sites (N-methyl/N-ethyl adjacent to an activating group) is 1. The van der Waals surface area contributed by atoms with E-state index < -0.39 is 6.10 Å². The van der Waals surface area contributed by atoms with Crippen LogP contribution in [0.5, 0.6) is 5.75 Å². The zero-order valence-electron chi connectivity index (χ0n) is 13.0. The molecule has 0 aliphatic carbocycles. The third-order valence-electron chi connectivity index (χ3n) is 3.55. The Hall–Kier alpha value is -2.37. The highest BCUT2D eigenvalue weighted by atomic mass is 16.5. The van der Waals surface area contributed by atoms with Crippen LogP contribution in [0, 0.1) is 0 Å². The summed E-state index contributed by atoms with van der Waals surface area (Å²) in [5.41, 5.74) is 0.988. The Bertz CT molecular complexity index is 612. The second-order valence-corrected chi connectivity index (χ2v) is 5.21. The average Bonchev–Trinajstić information content (AvgIpc) is 2.51. The maximum absolute atomic E-state index is 12.3. The lowest BCUT2D eigenvalue weighted by atomic mass is 10.0. The van der Waals surface area contributed by atoms with Crippen molar-refractivity contribution < 1.29 is 19.1 Å². The maximum atomic E-state index is 12.3. The molecule has 1 heterocycles. The molecule has 1 aliphatic heterocycles. The summed E-state index contributed by atoms with van der Waals surface area (Å²) in [5, 5.41) is 2.50. The van der Waals surface area contributed by atoms with Gasteiger partial charge in [-0.2, -0.15) is 0 Å². The summed E-state index contributed by atoms with van der Waals surface area (Å²) in [6, 6.07) is 5.00. The van der Waals surface area contributed by atoms with Crippen LogP contribution < -0.4 is 15.0 Å². The van der Waals surface area contributed by atoms with Gasteiger partial charge in [0.1, 0.15) is 12.3 Å². The van der Waals surface area contributed by atoms with Gasteiger partial charge in [-0.1, -0.05) is 6.92 Å². The predicted octanol–water partition coefficient (Wildman–Crippen LogP) is 1.53. The van der Waals surface area contributed by atoms with Gasteiger partial charge >= 0.3 is 0 Å². The van der Waals surface area contributed by atoms with Crippen LogP contribution in [0.2, 0.25) is 0 Å². The van der Waals surface area contributed by atoms with Gasteiger partial charge in [-0.05, 0) is 31.5 Å². The van der Waals surface area contributed by atoms with E-state index >= 15 is 0 Å².